The Hall–Kier alpha value is -1.23. The molecular weight excluding hydrogens is 229 g/mol. The topological polar surface area (TPSA) is 38.4 Å². The molecule has 0 spiro atoms. The Morgan fingerprint density at radius 3 is 2.67 bits per heavy atom. The van der Waals surface area contributed by atoms with Crippen molar-refractivity contribution in [2.75, 3.05) is 5.88 Å². The summed E-state index contributed by atoms with van der Waals surface area (Å²) in [6.07, 6.45) is -2.94. The lowest BCUT2D eigenvalue weighted by atomic mass is 10.2. The van der Waals surface area contributed by atoms with Crippen LogP contribution in [-0.2, 0) is 0 Å². The highest BCUT2D eigenvalue weighted by atomic mass is 35.5. The van der Waals surface area contributed by atoms with Gasteiger partial charge in [-0.2, -0.15) is 0 Å². The third-order valence-corrected chi connectivity index (χ3v) is 1.92. The number of rotatable bonds is 3. The minimum absolute atomic E-state index is 0.0378. The lowest BCUT2D eigenvalue weighted by Crippen LogP contribution is -2.12. The Morgan fingerprint density at radius 1 is 1.47 bits per heavy atom. The summed E-state index contributed by atoms with van der Waals surface area (Å²) in [6.45, 7) is 0. The van der Waals surface area contributed by atoms with Gasteiger partial charge in [-0.25, -0.2) is 18.2 Å². The van der Waals surface area contributed by atoms with Crippen LogP contribution >= 0.6 is 11.6 Å². The van der Waals surface area contributed by atoms with Crippen LogP contribution in [0.4, 0.5) is 18.9 Å². The summed E-state index contributed by atoms with van der Waals surface area (Å²) < 4.78 is 38.0. The van der Waals surface area contributed by atoms with Gasteiger partial charge in [0.2, 0.25) is 0 Å². The van der Waals surface area contributed by atoms with Gasteiger partial charge in [-0.15, -0.1) is 11.6 Å². The molecule has 0 aliphatic rings. The van der Waals surface area contributed by atoms with Crippen LogP contribution < -0.4 is 5.73 Å². The SMILES string of the molecule is NC(CCl)=Nc1cccc(F)c1C(F)F. The number of alkyl halides is 3. The van der Waals surface area contributed by atoms with E-state index in [0.29, 0.717) is 0 Å². The number of benzene rings is 1. The largest absolute Gasteiger partial charge is 0.386 e. The van der Waals surface area contributed by atoms with Gasteiger partial charge in [-0.05, 0) is 12.1 Å². The molecule has 1 rings (SSSR count). The quantitative estimate of drug-likeness (QED) is 0.489. The monoisotopic (exact) mass is 236 g/mol. The van der Waals surface area contributed by atoms with E-state index in [4.69, 9.17) is 17.3 Å². The van der Waals surface area contributed by atoms with Gasteiger partial charge in [0.25, 0.3) is 6.43 Å². The van der Waals surface area contributed by atoms with Crippen LogP contribution in [-0.4, -0.2) is 11.7 Å². The standard InChI is InChI=1S/C9H8ClF3N2/c10-4-7(14)15-6-3-1-2-5(11)8(6)9(12)13/h1-3,9H,4H2,(H2,14,15). The summed E-state index contributed by atoms with van der Waals surface area (Å²) in [5.41, 5.74) is 4.32. The fraction of sp³-hybridized carbons (Fsp3) is 0.222. The van der Waals surface area contributed by atoms with Crippen molar-refractivity contribution in [3.05, 3.63) is 29.6 Å². The van der Waals surface area contributed by atoms with E-state index in [9.17, 15) is 13.2 Å². The Kier molecular flexibility index (Phi) is 3.96. The molecule has 0 saturated heterocycles. The number of halogens is 4. The van der Waals surface area contributed by atoms with E-state index >= 15 is 0 Å². The van der Waals surface area contributed by atoms with Gasteiger partial charge in [0, 0.05) is 0 Å². The number of aliphatic imine (C=N–C) groups is 1. The van der Waals surface area contributed by atoms with Gasteiger partial charge in [-0.3, -0.25) is 0 Å². The van der Waals surface area contributed by atoms with Gasteiger partial charge >= 0.3 is 0 Å². The predicted octanol–water partition coefficient (Wildman–Crippen LogP) is 2.99. The second-order valence-corrected chi connectivity index (χ2v) is 2.98. The van der Waals surface area contributed by atoms with Crippen molar-refractivity contribution in [3.8, 4) is 0 Å². The first-order valence-corrected chi connectivity index (χ1v) is 4.55. The summed E-state index contributed by atoms with van der Waals surface area (Å²) in [6, 6.07) is 3.48. The normalized spacial score (nSPS) is 12.2. The van der Waals surface area contributed by atoms with E-state index in [-0.39, 0.29) is 17.4 Å². The summed E-state index contributed by atoms with van der Waals surface area (Å²) in [5.74, 6) is -1.14. The Balaban J connectivity index is 3.23. The van der Waals surface area contributed by atoms with Gasteiger partial charge in [0.1, 0.15) is 11.7 Å². The smallest absolute Gasteiger partial charge is 0.268 e. The molecular formula is C9H8ClF3N2. The molecule has 0 heterocycles. The Bertz CT molecular complexity index is 380. The molecule has 1 aromatic carbocycles. The Morgan fingerprint density at radius 2 is 2.13 bits per heavy atom. The molecule has 0 bridgehead atoms. The third kappa shape index (κ3) is 2.86. The van der Waals surface area contributed by atoms with Crippen LogP contribution in [0, 0.1) is 5.82 Å². The minimum Gasteiger partial charge on any atom is -0.386 e. The first-order chi connectivity index (χ1) is 7.06. The van der Waals surface area contributed by atoms with Crippen molar-refractivity contribution >= 4 is 23.1 Å². The molecule has 0 unspecified atom stereocenters. The fourth-order valence-electron chi connectivity index (χ4n) is 1.02. The fourth-order valence-corrected chi connectivity index (χ4v) is 1.08. The molecule has 1 aromatic rings. The Labute approximate surface area is 89.6 Å². The summed E-state index contributed by atoms with van der Waals surface area (Å²) in [5, 5.41) is 0. The van der Waals surface area contributed by atoms with Gasteiger partial charge in [0.15, 0.2) is 0 Å². The first kappa shape index (κ1) is 11.8. The van der Waals surface area contributed by atoms with Gasteiger partial charge in [-0.1, -0.05) is 6.07 Å². The lowest BCUT2D eigenvalue weighted by molar-refractivity contribution is 0.147. The summed E-state index contributed by atoms with van der Waals surface area (Å²) >= 11 is 5.34. The summed E-state index contributed by atoms with van der Waals surface area (Å²) in [7, 11) is 0. The average molecular weight is 237 g/mol. The molecule has 82 valence electrons. The van der Waals surface area contributed by atoms with Crippen molar-refractivity contribution in [1.82, 2.24) is 0 Å². The zero-order chi connectivity index (χ0) is 11.4. The molecule has 2 nitrogen and oxygen atoms in total. The number of nitrogens with two attached hydrogens (primary N) is 1. The molecule has 0 aliphatic carbocycles. The van der Waals surface area contributed by atoms with Crippen molar-refractivity contribution < 1.29 is 13.2 Å². The molecule has 0 aromatic heterocycles. The van der Waals surface area contributed by atoms with Crippen LogP contribution in [0.2, 0.25) is 0 Å². The van der Waals surface area contributed by atoms with Gasteiger partial charge in [0.05, 0.1) is 17.1 Å². The zero-order valence-corrected chi connectivity index (χ0v) is 8.31. The number of hydrogen-bond acceptors (Lipinski definition) is 1. The molecule has 0 atom stereocenters. The van der Waals surface area contributed by atoms with E-state index < -0.39 is 17.8 Å². The maximum Gasteiger partial charge on any atom is 0.268 e. The molecule has 2 N–H and O–H groups in total. The first-order valence-electron chi connectivity index (χ1n) is 4.01. The van der Waals surface area contributed by atoms with Crippen LogP contribution in [0.25, 0.3) is 0 Å². The minimum atomic E-state index is -2.94. The van der Waals surface area contributed by atoms with E-state index in [2.05, 4.69) is 4.99 Å². The van der Waals surface area contributed by atoms with Crippen molar-refractivity contribution in [2.24, 2.45) is 10.7 Å². The zero-order valence-electron chi connectivity index (χ0n) is 7.55. The highest BCUT2D eigenvalue weighted by Crippen LogP contribution is 2.31. The molecule has 0 aliphatic heterocycles. The van der Waals surface area contributed by atoms with Crippen LogP contribution in [0.3, 0.4) is 0 Å². The molecule has 0 fully saturated rings. The molecule has 15 heavy (non-hydrogen) atoms. The number of hydrogen-bond donors (Lipinski definition) is 1. The average Bonchev–Trinajstić information content (AvgIpc) is 2.17. The lowest BCUT2D eigenvalue weighted by Gasteiger charge is -2.06. The van der Waals surface area contributed by atoms with Crippen molar-refractivity contribution in [1.29, 1.82) is 0 Å². The van der Waals surface area contributed by atoms with E-state index in [1.807, 2.05) is 0 Å². The van der Waals surface area contributed by atoms with Crippen molar-refractivity contribution in [3.63, 3.8) is 0 Å². The highest BCUT2D eigenvalue weighted by molar-refractivity contribution is 6.28. The molecule has 0 radical (unpaired) electrons. The second kappa shape index (κ2) is 5.02. The van der Waals surface area contributed by atoms with Crippen molar-refractivity contribution in [2.45, 2.75) is 6.43 Å². The van der Waals surface area contributed by atoms with E-state index in [1.54, 1.807) is 0 Å². The highest BCUT2D eigenvalue weighted by Gasteiger charge is 2.17. The predicted molar refractivity (Wildman–Crippen MR) is 53.4 cm³/mol. The maximum atomic E-state index is 13.0. The number of amidine groups is 1. The third-order valence-electron chi connectivity index (χ3n) is 1.65. The molecule has 0 saturated carbocycles. The summed E-state index contributed by atoms with van der Waals surface area (Å²) in [4.78, 5) is 3.60. The van der Waals surface area contributed by atoms with Crippen LogP contribution in [0.5, 0.6) is 0 Å². The van der Waals surface area contributed by atoms with Crippen LogP contribution in [0.1, 0.15) is 12.0 Å². The molecule has 0 amide bonds. The maximum absolute atomic E-state index is 13.0. The number of nitrogens with zero attached hydrogens (tertiary/aromatic N) is 1. The molecule has 6 heteroatoms. The van der Waals surface area contributed by atoms with E-state index in [1.165, 1.54) is 12.1 Å². The van der Waals surface area contributed by atoms with E-state index in [0.717, 1.165) is 6.07 Å². The second-order valence-electron chi connectivity index (χ2n) is 2.71. The van der Waals surface area contributed by atoms with Gasteiger partial charge < -0.3 is 5.73 Å². The van der Waals surface area contributed by atoms with Crippen LogP contribution in [0.15, 0.2) is 23.2 Å².